The van der Waals surface area contributed by atoms with E-state index in [4.69, 9.17) is 22.8 Å². The zero-order valence-electron chi connectivity index (χ0n) is 10.2. The molecule has 0 rings (SSSR count). The second-order valence-corrected chi connectivity index (χ2v) is 2.65. The van der Waals surface area contributed by atoms with Gasteiger partial charge in [0.25, 0.3) is 0 Å². The average Bonchev–Trinajstić information content (AvgIpc) is 2.30. The number of aliphatic carboxylic acids is 1. The predicted molar refractivity (Wildman–Crippen MR) is 66.8 cm³/mol. The van der Waals surface area contributed by atoms with Crippen LogP contribution in [0.2, 0.25) is 0 Å². The largest absolute Gasteiger partial charge is 1.00 e. The minimum absolute atomic E-state index is 0. The summed E-state index contributed by atoms with van der Waals surface area (Å²) in [5.74, 6) is -1.33. The zero-order chi connectivity index (χ0) is 13.3. The summed E-state index contributed by atoms with van der Waals surface area (Å²) in [7, 11) is 1.54. The number of hydrogen-bond donors (Lipinski definition) is 2. The summed E-state index contributed by atoms with van der Waals surface area (Å²) in [5.41, 5.74) is 5.26. The molecule has 0 spiro atoms. The van der Waals surface area contributed by atoms with Crippen LogP contribution in [0.3, 0.4) is 0 Å². The first-order chi connectivity index (χ1) is 8.06. The number of carbonyl (C=O) groups is 1. The number of rotatable bonds is 6. The molecule has 0 heterocycles. The molecule has 6 nitrogen and oxygen atoms in total. The van der Waals surface area contributed by atoms with Crippen molar-refractivity contribution in [1.82, 2.24) is 0 Å². The van der Waals surface area contributed by atoms with Crippen LogP contribution in [-0.2, 0) is 4.79 Å². The number of allylic oxidation sites excluding steroid dienone is 2. The summed E-state index contributed by atoms with van der Waals surface area (Å²) < 4.78 is 0. The van der Waals surface area contributed by atoms with Gasteiger partial charge in [-0.25, -0.2) is 0 Å². The van der Waals surface area contributed by atoms with E-state index in [1.807, 2.05) is 0 Å². The predicted octanol–water partition coefficient (Wildman–Crippen LogP) is -2.62. The molecule has 3 N–H and O–H groups in total. The summed E-state index contributed by atoms with van der Waals surface area (Å²) >= 11 is 0. The van der Waals surface area contributed by atoms with Crippen molar-refractivity contribution in [2.75, 3.05) is 7.05 Å². The topological polar surface area (TPSA) is 110 Å². The standard InChI is InChI=1S/C11H11N4O2.Li/c1-8(10(6-13)7-14-2)15-4-3-9(5-12)11(16)17;/h1,4-7H,13H2,2H3,(H,16,17);/q-3;+1/b10-6+,14-7?,15-4?;. The Balaban J connectivity index is 0. The summed E-state index contributed by atoms with van der Waals surface area (Å²) in [4.78, 5) is 17.8. The number of aliphatic imine (C=N–C) groups is 2. The number of hydrogen-bond acceptors (Lipinski definition) is 4. The maximum atomic E-state index is 10.5. The van der Waals surface area contributed by atoms with Crippen LogP contribution >= 0.6 is 0 Å². The van der Waals surface area contributed by atoms with E-state index in [0.29, 0.717) is 11.8 Å². The van der Waals surface area contributed by atoms with Crippen LogP contribution in [0.4, 0.5) is 0 Å². The number of nitrogens with two attached hydrogens (primary N) is 1. The molecular weight excluding hydrogens is 227 g/mol. The molecule has 0 saturated carbocycles. The van der Waals surface area contributed by atoms with Crippen LogP contribution in [0, 0.1) is 12.7 Å². The van der Waals surface area contributed by atoms with Crippen molar-refractivity contribution < 1.29 is 28.8 Å². The zero-order valence-corrected chi connectivity index (χ0v) is 10.2. The van der Waals surface area contributed by atoms with Crippen molar-refractivity contribution in [1.29, 1.82) is 0 Å². The third-order valence-electron chi connectivity index (χ3n) is 1.53. The first-order valence-corrected chi connectivity index (χ1v) is 4.40. The van der Waals surface area contributed by atoms with E-state index in [2.05, 4.69) is 16.1 Å². The Bertz CT molecular complexity index is 436. The fourth-order valence-electron chi connectivity index (χ4n) is 0.734. The van der Waals surface area contributed by atoms with E-state index < -0.39 is 11.5 Å². The summed E-state index contributed by atoms with van der Waals surface area (Å²) in [6, 6.07) is 0. The van der Waals surface area contributed by atoms with Gasteiger partial charge in [0, 0.05) is 7.05 Å². The second-order valence-electron chi connectivity index (χ2n) is 2.65. The Kier molecular flexibility index (Phi) is 10.5. The quantitative estimate of drug-likeness (QED) is 0.174. The van der Waals surface area contributed by atoms with Crippen molar-refractivity contribution in [3.8, 4) is 0 Å². The molecule has 0 aliphatic carbocycles. The van der Waals surface area contributed by atoms with Gasteiger partial charge in [-0.05, 0) is 12.4 Å². The van der Waals surface area contributed by atoms with Gasteiger partial charge in [0.2, 0.25) is 5.97 Å². The minimum Gasteiger partial charge on any atom is -0.878 e. The van der Waals surface area contributed by atoms with Crippen LogP contribution in [0.5, 0.6) is 0 Å². The molecule has 0 fully saturated rings. The number of nitrogens with zero attached hydrogens (tertiary/aromatic N) is 3. The smallest absolute Gasteiger partial charge is 0.878 e. The van der Waals surface area contributed by atoms with Gasteiger partial charge in [0.05, 0.1) is 0 Å². The van der Waals surface area contributed by atoms with Crippen LogP contribution in [-0.4, -0.2) is 36.8 Å². The normalized spacial score (nSPS) is 12.5. The molecular formula is C11H11LiN4O2-2. The van der Waals surface area contributed by atoms with Crippen LogP contribution in [0.15, 0.2) is 33.0 Å². The first kappa shape index (κ1) is 18.5. The Labute approximate surface area is 117 Å². The SMILES string of the molecule is [CH-]=C(N=C[C-]=C(C=[N-])C(=O)O)/C(C=NC)=C/N.[Li+]. The van der Waals surface area contributed by atoms with Crippen LogP contribution < -0.4 is 24.6 Å². The van der Waals surface area contributed by atoms with E-state index in [1.54, 1.807) is 0 Å². The van der Waals surface area contributed by atoms with Gasteiger partial charge < -0.3 is 37.2 Å². The molecule has 0 aliphatic rings. The molecule has 0 bridgehead atoms. The van der Waals surface area contributed by atoms with Gasteiger partial charge in [0.15, 0.2) is 0 Å². The molecule has 0 aromatic rings. The molecule has 7 heteroatoms. The Morgan fingerprint density at radius 3 is 2.56 bits per heavy atom. The molecule has 0 atom stereocenters. The molecule has 0 aromatic carbocycles. The molecule has 0 aromatic heterocycles. The third kappa shape index (κ3) is 6.63. The van der Waals surface area contributed by atoms with Gasteiger partial charge in [0.1, 0.15) is 0 Å². The molecule has 90 valence electrons. The van der Waals surface area contributed by atoms with Gasteiger partial charge >= 0.3 is 18.9 Å². The molecule has 0 amide bonds. The maximum Gasteiger partial charge on any atom is 1.00 e. The average molecular weight is 238 g/mol. The van der Waals surface area contributed by atoms with Crippen molar-refractivity contribution in [2.24, 2.45) is 15.7 Å². The van der Waals surface area contributed by atoms with Crippen molar-refractivity contribution in [3.05, 3.63) is 41.1 Å². The van der Waals surface area contributed by atoms with E-state index in [0.717, 1.165) is 6.21 Å². The Morgan fingerprint density at radius 1 is 1.56 bits per heavy atom. The van der Waals surface area contributed by atoms with Gasteiger partial charge in [-0.1, -0.05) is 6.20 Å². The van der Waals surface area contributed by atoms with Gasteiger partial charge in [-0.3, -0.25) is 6.58 Å². The molecule has 18 heavy (non-hydrogen) atoms. The van der Waals surface area contributed by atoms with E-state index in [1.165, 1.54) is 19.5 Å². The van der Waals surface area contributed by atoms with Crippen LogP contribution in [0.25, 0.3) is 5.41 Å². The van der Waals surface area contributed by atoms with Crippen LogP contribution in [0.1, 0.15) is 0 Å². The summed E-state index contributed by atoms with van der Waals surface area (Å²) in [6.45, 7) is 5.53. The van der Waals surface area contributed by atoms with Crippen molar-refractivity contribution >= 4 is 24.6 Å². The number of carboxylic acids is 1. The van der Waals surface area contributed by atoms with E-state index in [9.17, 15) is 4.79 Å². The minimum atomic E-state index is -1.33. The third-order valence-corrected chi connectivity index (χ3v) is 1.53. The maximum absolute atomic E-state index is 10.5. The molecule has 0 unspecified atom stereocenters. The number of carboxylic acid groups (broad SMARTS) is 1. The van der Waals surface area contributed by atoms with E-state index in [-0.39, 0.29) is 24.6 Å². The Hall–Kier alpha value is -1.90. The van der Waals surface area contributed by atoms with Crippen molar-refractivity contribution in [3.63, 3.8) is 0 Å². The second kappa shape index (κ2) is 10.3. The fraction of sp³-hybridized carbons (Fsp3) is 0.0909. The summed E-state index contributed by atoms with van der Waals surface area (Å²) in [6.07, 6.45) is 6.24. The monoisotopic (exact) mass is 238 g/mol. The van der Waals surface area contributed by atoms with Gasteiger partial charge in [-0.15, -0.1) is 16.8 Å². The van der Waals surface area contributed by atoms with E-state index >= 15 is 0 Å². The molecule has 0 saturated heterocycles. The molecule has 0 radical (unpaired) electrons. The van der Waals surface area contributed by atoms with Gasteiger partial charge in [-0.2, -0.15) is 6.08 Å². The molecule has 0 aliphatic heterocycles. The fourth-order valence-corrected chi connectivity index (χ4v) is 0.734. The first-order valence-electron chi connectivity index (χ1n) is 4.40. The summed E-state index contributed by atoms with van der Waals surface area (Å²) in [5, 5.41) is 17.1. The Morgan fingerprint density at radius 2 is 2.17 bits per heavy atom. The van der Waals surface area contributed by atoms with Crippen molar-refractivity contribution in [2.45, 2.75) is 0 Å².